The van der Waals surface area contributed by atoms with E-state index in [4.69, 9.17) is 4.74 Å². The Hall–Kier alpha value is -1.00. The first kappa shape index (κ1) is 13.4. The molecule has 0 saturated carbocycles. The summed E-state index contributed by atoms with van der Waals surface area (Å²) in [6.07, 6.45) is 9.67. The number of rotatable bonds is 7. The third-order valence-electron chi connectivity index (χ3n) is 3.40. The predicted octanol–water partition coefficient (Wildman–Crippen LogP) is 2.48. The monoisotopic (exact) mass is 249 g/mol. The first-order valence-corrected chi connectivity index (χ1v) is 7.01. The van der Waals surface area contributed by atoms with Gasteiger partial charge in [-0.25, -0.2) is 9.97 Å². The maximum Gasteiger partial charge on any atom is 0.115 e. The van der Waals surface area contributed by atoms with Crippen molar-refractivity contribution in [1.82, 2.24) is 15.3 Å². The lowest BCUT2D eigenvalue weighted by atomic mass is 10.0. The summed E-state index contributed by atoms with van der Waals surface area (Å²) in [7, 11) is 0. The summed E-state index contributed by atoms with van der Waals surface area (Å²) in [6, 6.07) is 2.33. The fourth-order valence-electron chi connectivity index (χ4n) is 2.40. The van der Waals surface area contributed by atoms with E-state index in [1.54, 1.807) is 6.33 Å². The number of hydrogen-bond donors (Lipinski definition) is 1. The van der Waals surface area contributed by atoms with E-state index in [1.807, 2.05) is 12.3 Å². The second-order valence-corrected chi connectivity index (χ2v) is 4.85. The van der Waals surface area contributed by atoms with Crippen molar-refractivity contribution in [2.45, 2.75) is 51.2 Å². The third-order valence-corrected chi connectivity index (χ3v) is 3.40. The molecule has 1 saturated heterocycles. The Morgan fingerprint density at radius 1 is 1.56 bits per heavy atom. The minimum atomic E-state index is 0.331. The molecular formula is C14H23N3O. The van der Waals surface area contributed by atoms with Crippen LogP contribution in [0.5, 0.6) is 0 Å². The molecule has 0 radical (unpaired) electrons. The van der Waals surface area contributed by atoms with Gasteiger partial charge in [-0.1, -0.05) is 6.92 Å². The summed E-state index contributed by atoms with van der Waals surface area (Å²) >= 11 is 0. The SMILES string of the molecule is CCCNC(CCC1CCCO1)c1ccncn1. The van der Waals surface area contributed by atoms with E-state index < -0.39 is 0 Å². The molecule has 1 aliphatic heterocycles. The van der Waals surface area contributed by atoms with Crippen LogP contribution in [0.1, 0.15) is 50.8 Å². The lowest BCUT2D eigenvalue weighted by molar-refractivity contribution is 0.0994. The van der Waals surface area contributed by atoms with Gasteiger partial charge in [-0.2, -0.15) is 0 Å². The van der Waals surface area contributed by atoms with E-state index >= 15 is 0 Å². The van der Waals surface area contributed by atoms with Crippen molar-refractivity contribution < 1.29 is 4.74 Å². The minimum Gasteiger partial charge on any atom is -0.378 e. The van der Waals surface area contributed by atoms with Crippen molar-refractivity contribution in [2.75, 3.05) is 13.2 Å². The van der Waals surface area contributed by atoms with Gasteiger partial charge in [-0.15, -0.1) is 0 Å². The Labute approximate surface area is 109 Å². The van der Waals surface area contributed by atoms with Crippen LogP contribution in [0.25, 0.3) is 0 Å². The van der Waals surface area contributed by atoms with Crippen molar-refractivity contribution >= 4 is 0 Å². The molecule has 1 aromatic rings. The lowest BCUT2D eigenvalue weighted by Gasteiger charge is -2.19. The van der Waals surface area contributed by atoms with Crippen LogP contribution in [0.15, 0.2) is 18.6 Å². The van der Waals surface area contributed by atoms with Gasteiger partial charge in [0.05, 0.1) is 11.8 Å². The molecule has 4 heteroatoms. The van der Waals surface area contributed by atoms with Gasteiger partial charge in [0, 0.05) is 18.8 Å². The zero-order chi connectivity index (χ0) is 12.6. The van der Waals surface area contributed by atoms with Crippen LogP contribution in [-0.4, -0.2) is 29.2 Å². The highest BCUT2D eigenvalue weighted by molar-refractivity contribution is 5.04. The lowest BCUT2D eigenvalue weighted by Crippen LogP contribution is -2.24. The van der Waals surface area contributed by atoms with Crippen LogP contribution < -0.4 is 5.32 Å². The molecule has 2 rings (SSSR count). The Kier molecular flexibility index (Phi) is 5.55. The van der Waals surface area contributed by atoms with Crippen molar-refractivity contribution in [3.05, 3.63) is 24.3 Å². The molecule has 0 aliphatic carbocycles. The first-order valence-electron chi connectivity index (χ1n) is 7.01. The molecule has 2 atom stereocenters. The van der Waals surface area contributed by atoms with Crippen LogP contribution in [0.4, 0.5) is 0 Å². The summed E-state index contributed by atoms with van der Waals surface area (Å²) in [5.41, 5.74) is 1.09. The van der Waals surface area contributed by atoms with E-state index in [-0.39, 0.29) is 0 Å². The molecule has 1 N–H and O–H groups in total. The average Bonchev–Trinajstić information content (AvgIpc) is 2.93. The summed E-state index contributed by atoms with van der Waals surface area (Å²) in [5, 5.41) is 3.56. The standard InChI is InChI=1S/C14H23N3O/c1-2-8-16-13(14-7-9-15-11-17-14)6-5-12-4-3-10-18-12/h7,9,11-13,16H,2-6,8,10H2,1H3. The van der Waals surface area contributed by atoms with Crippen LogP contribution in [-0.2, 0) is 4.74 Å². The molecule has 2 heterocycles. The van der Waals surface area contributed by atoms with Crippen molar-refractivity contribution in [2.24, 2.45) is 0 Å². The third kappa shape index (κ3) is 4.03. The van der Waals surface area contributed by atoms with Gasteiger partial charge in [0.1, 0.15) is 6.33 Å². The summed E-state index contributed by atoms with van der Waals surface area (Å²) in [5.74, 6) is 0. The van der Waals surface area contributed by atoms with Gasteiger partial charge in [0.2, 0.25) is 0 Å². The molecule has 1 aliphatic rings. The highest BCUT2D eigenvalue weighted by atomic mass is 16.5. The van der Waals surface area contributed by atoms with Gasteiger partial charge >= 0.3 is 0 Å². The van der Waals surface area contributed by atoms with E-state index in [0.29, 0.717) is 12.1 Å². The van der Waals surface area contributed by atoms with Crippen LogP contribution >= 0.6 is 0 Å². The van der Waals surface area contributed by atoms with Crippen LogP contribution in [0.3, 0.4) is 0 Å². The molecule has 1 fully saturated rings. The molecule has 0 bridgehead atoms. The van der Waals surface area contributed by atoms with Gasteiger partial charge in [0.15, 0.2) is 0 Å². The van der Waals surface area contributed by atoms with Gasteiger partial charge in [0.25, 0.3) is 0 Å². The molecule has 1 aromatic heterocycles. The van der Waals surface area contributed by atoms with E-state index in [0.717, 1.165) is 38.1 Å². The molecule has 0 amide bonds. The Balaban J connectivity index is 1.87. The summed E-state index contributed by atoms with van der Waals surface area (Å²) < 4.78 is 5.68. The maximum atomic E-state index is 5.68. The van der Waals surface area contributed by atoms with E-state index in [1.165, 1.54) is 12.8 Å². The second-order valence-electron chi connectivity index (χ2n) is 4.85. The molecule has 2 unspecified atom stereocenters. The predicted molar refractivity (Wildman–Crippen MR) is 71.3 cm³/mol. The molecule has 0 aromatic carbocycles. The summed E-state index contributed by atoms with van der Waals surface area (Å²) in [4.78, 5) is 8.34. The van der Waals surface area contributed by atoms with E-state index in [9.17, 15) is 0 Å². The second kappa shape index (κ2) is 7.44. The number of hydrogen-bond acceptors (Lipinski definition) is 4. The maximum absolute atomic E-state index is 5.68. The normalized spacial score (nSPS) is 21.1. The van der Waals surface area contributed by atoms with Gasteiger partial charge in [-0.3, -0.25) is 0 Å². The minimum absolute atomic E-state index is 0.331. The largest absolute Gasteiger partial charge is 0.378 e. The molecule has 100 valence electrons. The first-order chi connectivity index (χ1) is 8.90. The quantitative estimate of drug-likeness (QED) is 0.806. The van der Waals surface area contributed by atoms with Gasteiger partial charge in [-0.05, 0) is 44.7 Å². The van der Waals surface area contributed by atoms with Gasteiger partial charge < -0.3 is 10.1 Å². The highest BCUT2D eigenvalue weighted by Crippen LogP contribution is 2.22. The fraction of sp³-hybridized carbons (Fsp3) is 0.714. The smallest absolute Gasteiger partial charge is 0.115 e. The zero-order valence-electron chi connectivity index (χ0n) is 11.1. The zero-order valence-corrected chi connectivity index (χ0v) is 11.1. The Morgan fingerprint density at radius 2 is 2.50 bits per heavy atom. The topological polar surface area (TPSA) is 47.0 Å². The molecular weight excluding hydrogens is 226 g/mol. The van der Waals surface area contributed by atoms with Crippen LogP contribution in [0, 0.1) is 0 Å². The van der Waals surface area contributed by atoms with Crippen molar-refractivity contribution in [3.8, 4) is 0 Å². The van der Waals surface area contributed by atoms with Crippen molar-refractivity contribution in [1.29, 1.82) is 0 Å². The van der Waals surface area contributed by atoms with E-state index in [2.05, 4.69) is 22.2 Å². The highest BCUT2D eigenvalue weighted by Gasteiger charge is 2.19. The number of nitrogens with zero attached hydrogens (tertiary/aromatic N) is 2. The summed E-state index contributed by atoms with van der Waals surface area (Å²) in [6.45, 7) is 4.15. The number of aromatic nitrogens is 2. The number of ether oxygens (including phenoxy) is 1. The van der Waals surface area contributed by atoms with Crippen LogP contribution in [0.2, 0.25) is 0 Å². The Bertz CT molecular complexity index is 325. The van der Waals surface area contributed by atoms with Crippen molar-refractivity contribution in [3.63, 3.8) is 0 Å². The fourth-order valence-corrected chi connectivity index (χ4v) is 2.40. The Morgan fingerprint density at radius 3 is 3.17 bits per heavy atom. The molecule has 4 nitrogen and oxygen atoms in total. The average molecular weight is 249 g/mol. The molecule has 0 spiro atoms. The molecule has 18 heavy (non-hydrogen) atoms. The number of nitrogens with one attached hydrogen (secondary N) is 1.